The molecule has 3 rings (SSSR count). The third kappa shape index (κ3) is 4.29. The van der Waals surface area contributed by atoms with Gasteiger partial charge in [-0.2, -0.15) is 4.98 Å². The molecule has 0 aliphatic rings. The molecule has 3 aromatic rings. The topological polar surface area (TPSA) is 77.2 Å². The van der Waals surface area contributed by atoms with Crippen LogP contribution in [0.1, 0.15) is 40.6 Å². The van der Waals surface area contributed by atoms with Crippen LogP contribution in [0.3, 0.4) is 0 Å². The Kier molecular flexibility index (Phi) is 5.68. The average molecular weight is 416 g/mol. The molecule has 0 spiro atoms. The van der Waals surface area contributed by atoms with Crippen molar-refractivity contribution in [2.24, 2.45) is 0 Å². The van der Waals surface area contributed by atoms with E-state index in [0.717, 1.165) is 10.0 Å². The number of ether oxygens (including phenoxy) is 1. The quantitative estimate of drug-likeness (QED) is 0.652. The molecule has 0 saturated heterocycles. The van der Waals surface area contributed by atoms with E-state index in [9.17, 15) is 4.79 Å². The largest absolute Gasteiger partial charge is 0.485 e. The molecule has 1 N–H and O–H groups in total. The van der Waals surface area contributed by atoms with Crippen LogP contribution in [0, 0.1) is 6.92 Å². The molecule has 1 aromatic heterocycles. The fourth-order valence-corrected chi connectivity index (χ4v) is 3.13. The second-order valence-corrected chi connectivity index (χ2v) is 6.59. The van der Waals surface area contributed by atoms with Crippen LogP contribution >= 0.6 is 15.9 Å². The molecule has 0 saturated carbocycles. The summed E-state index contributed by atoms with van der Waals surface area (Å²) in [5.74, 6) is 1.15. The first-order chi connectivity index (χ1) is 12.5. The van der Waals surface area contributed by atoms with E-state index in [1.54, 1.807) is 25.1 Å². The Balaban J connectivity index is 1.72. The summed E-state index contributed by atoms with van der Waals surface area (Å²) in [6, 6.07) is 14.7. The third-order valence-corrected chi connectivity index (χ3v) is 4.50. The van der Waals surface area contributed by atoms with Crippen LogP contribution in [0.5, 0.6) is 5.75 Å². The molecule has 7 heteroatoms. The van der Waals surface area contributed by atoms with Crippen molar-refractivity contribution in [3.8, 4) is 5.75 Å². The van der Waals surface area contributed by atoms with Crippen molar-refractivity contribution in [1.29, 1.82) is 0 Å². The number of carbonyl (C=O) groups is 1. The molecule has 0 aliphatic heterocycles. The van der Waals surface area contributed by atoms with Crippen LogP contribution in [0.2, 0.25) is 0 Å². The van der Waals surface area contributed by atoms with Crippen LogP contribution in [-0.2, 0) is 6.61 Å². The highest BCUT2D eigenvalue weighted by atomic mass is 79.9. The van der Waals surface area contributed by atoms with E-state index in [1.165, 1.54) is 0 Å². The summed E-state index contributed by atoms with van der Waals surface area (Å²) in [6.07, 6.45) is 0. The van der Waals surface area contributed by atoms with E-state index in [-0.39, 0.29) is 18.6 Å². The predicted molar refractivity (Wildman–Crippen MR) is 99.8 cm³/mol. The average Bonchev–Trinajstić information content (AvgIpc) is 3.05. The molecular formula is C19H18BrN3O3. The van der Waals surface area contributed by atoms with Crippen molar-refractivity contribution in [3.05, 3.63) is 75.8 Å². The molecule has 1 heterocycles. The van der Waals surface area contributed by atoms with Gasteiger partial charge in [0, 0.05) is 11.4 Å². The Morgan fingerprint density at radius 1 is 1.23 bits per heavy atom. The Labute approximate surface area is 159 Å². The fraction of sp³-hybridized carbons (Fsp3) is 0.211. The molecule has 2 aromatic carbocycles. The summed E-state index contributed by atoms with van der Waals surface area (Å²) in [5, 5.41) is 6.78. The minimum atomic E-state index is -0.215. The fourth-order valence-electron chi connectivity index (χ4n) is 2.50. The zero-order chi connectivity index (χ0) is 18.5. The highest BCUT2D eigenvalue weighted by molar-refractivity contribution is 9.10. The Morgan fingerprint density at radius 3 is 2.69 bits per heavy atom. The van der Waals surface area contributed by atoms with Gasteiger partial charge in [-0.25, -0.2) is 0 Å². The molecule has 0 radical (unpaired) electrons. The lowest BCUT2D eigenvalue weighted by Gasteiger charge is -2.17. The zero-order valence-corrected chi connectivity index (χ0v) is 16.0. The number of aryl methyl sites for hydroxylation is 1. The summed E-state index contributed by atoms with van der Waals surface area (Å²) < 4.78 is 11.6. The smallest absolute Gasteiger partial charge is 0.255 e. The summed E-state index contributed by atoms with van der Waals surface area (Å²) in [7, 11) is 0. The standard InChI is InChI=1S/C19H18BrN3O3/c1-12(14-7-3-5-9-16(14)20)21-19(24)15-8-4-6-10-17(15)25-11-18-22-13(2)26-23-18/h3-10,12H,11H2,1-2H3,(H,21,24)/t12-/m0/s1. The minimum absolute atomic E-state index is 0.126. The van der Waals surface area contributed by atoms with Crippen molar-refractivity contribution < 1.29 is 14.1 Å². The first-order valence-electron chi connectivity index (χ1n) is 8.11. The lowest BCUT2D eigenvalue weighted by Crippen LogP contribution is -2.27. The number of carbonyl (C=O) groups excluding carboxylic acids is 1. The molecule has 0 fully saturated rings. The number of para-hydroxylation sites is 1. The number of benzene rings is 2. The molecule has 1 amide bonds. The van der Waals surface area contributed by atoms with Crippen molar-refractivity contribution in [2.45, 2.75) is 26.5 Å². The van der Waals surface area contributed by atoms with Gasteiger partial charge in [-0.15, -0.1) is 0 Å². The summed E-state index contributed by atoms with van der Waals surface area (Å²) in [5.41, 5.74) is 1.45. The lowest BCUT2D eigenvalue weighted by atomic mass is 10.1. The van der Waals surface area contributed by atoms with Gasteiger partial charge in [-0.05, 0) is 30.7 Å². The molecule has 1 atom stereocenters. The number of amides is 1. The summed E-state index contributed by atoms with van der Waals surface area (Å²) >= 11 is 3.51. The summed E-state index contributed by atoms with van der Waals surface area (Å²) in [6.45, 7) is 3.77. The van der Waals surface area contributed by atoms with Gasteiger partial charge in [0.25, 0.3) is 5.91 Å². The van der Waals surface area contributed by atoms with Gasteiger partial charge < -0.3 is 14.6 Å². The lowest BCUT2D eigenvalue weighted by molar-refractivity contribution is 0.0935. The normalized spacial score (nSPS) is 11.8. The second-order valence-electron chi connectivity index (χ2n) is 5.73. The van der Waals surface area contributed by atoms with E-state index in [0.29, 0.717) is 23.0 Å². The Hall–Kier alpha value is -2.67. The highest BCUT2D eigenvalue weighted by Crippen LogP contribution is 2.24. The van der Waals surface area contributed by atoms with Gasteiger partial charge in [-0.3, -0.25) is 4.79 Å². The Bertz CT molecular complexity index is 910. The van der Waals surface area contributed by atoms with Gasteiger partial charge in [0.15, 0.2) is 6.61 Å². The molecule has 26 heavy (non-hydrogen) atoms. The van der Waals surface area contributed by atoms with Gasteiger partial charge in [0.05, 0.1) is 11.6 Å². The Morgan fingerprint density at radius 2 is 1.96 bits per heavy atom. The van der Waals surface area contributed by atoms with Gasteiger partial charge >= 0.3 is 0 Å². The molecule has 0 bridgehead atoms. The maximum atomic E-state index is 12.7. The van der Waals surface area contributed by atoms with Crippen LogP contribution < -0.4 is 10.1 Å². The predicted octanol–water partition coefficient (Wildman–Crippen LogP) is 4.21. The van der Waals surface area contributed by atoms with Crippen molar-refractivity contribution >= 4 is 21.8 Å². The van der Waals surface area contributed by atoms with Crippen LogP contribution in [0.4, 0.5) is 0 Å². The van der Waals surface area contributed by atoms with Gasteiger partial charge in [0.1, 0.15) is 5.75 Å². The number of nitrogens with zero attached hydrogens (tertiary/aromatic N) is 2. The monoisotopic (exact) mass is 415 g/mol. The van der Waals surface area contributed by atoms with Gasteiger partial charge in [-0.1, -0.05) is 51.4 Å². The van der Waals surface area contributed by atoms with Crippen molar-refractivity contribution in [2.75, 3.05) is 0 Å². The summed E-state index contributed by atoms with van der Waals surface area (Å²) in [4.78, 5) is 16.8. The number of nitrogens with one attached hydrogen (secondary N) is 1. The first kappa shape index (κ1) is 18.1. The second kappa shape index (κ2) is 8.14. The minimum Gasteiger partial charge on any atom is -0.485 e. The number of hydrogen-bond acceptors (Lipinski definition) is 5. The molecule has 6 nitrogen and oxygen atoms in total. The van der Waals surface area contributed by atoms with Crippen molar-refractivity contribution in [3.63, 3.8) is 0 Å². The van der Waals surface area contributed by atoms with E-state index < -0.39 is 0 Å². The highest BCUT2D eigenvalue weighted by Gasteiger charge is 2.17. The maximum absolute atomic E-state index is 12.7. The zero-order valence-electron chi connectivity index (χ0n) is 14.4. The van der Waals surface area contributed by atoms with Gasteiger partial charge in [0.2, 0.25) is 11.7 Å². The SMILES string of the molecule is Cc1nc(COc2ccccc2C(=O)N[C@@H](C)c2ccccc2Br)no1. The molecule has 0 aliphatic carbocycles. The molecule has 0 unspecified atom stereocenters. The van der Waals surface area contributed by atoms with Crippen LogP contribution in [0.15, 0.2) is 57.5 Å². The number of halogens is 1. The number of aromatic nitrogens is 2. The van der Waals surface area contributed by atoms with E-state index in [2.05, 4.69) is 31.4 Å². The van der Waals surface area contributed by atoms with Crippen molar-refractivity contribution in [1.82, 2.24) is 15.5 Å². The number of rotatable bonds is 6. The molecular weight excluding hydrogens is 398 g/mol. The van der Waals surface area contributed by atoms with E-state index in [1.807, 2.05) is 37.3 Å². The van der Waals surface area contributed by atoms with Crippen LogP contribution in [0.25, 0.3) is 0 Å². The maximum Gasteiger partial charge on any atom is 0.255 e. The van der Waals surface area contributed by atoms with E-state index in [4.69, 9.17) is 9.26 Å². The number of hydrogen-bond donors (Lipinski definition) is 1. The third-order valence-electron chi connectivity index (χ3n) is 3.78. The first-order valence-corrected chi connectivity index (χ1v) is 8.90. The van der Waals surface area contributed by atoms with E-state index >= 15 is 0 Å². The molecule has 134 valence electrons. The van der Waals surface area contributed by atoms with Crippen LogP contribution in [-0.4, -0.2) is 16.0 Å².